The van der Waals surface area contributed by atoms with Crippen molar-refractivity contribution in [2.24, 2.45) is 7.05 Å². The van der Waals surface area contributed by atoms with Crippen molar-refractivity contribution in [1.29, 1.82) is 0 Å². The molecule has 1 N–H and O–H groups in total. The Morgan fingerprint density at radius 2 is 2.23 bits per heavy atom. The van der Waals surface area contributed by atoms with Crippen LogP contribution in [0.25, 0.3) is 0 Å². The summed E-state index contributed by atoms with van der Waals surface area (Å²) in [5, 5.41) is 10.5. The second-order valence-electron chi connectivity index (χ2n) is 4.14. The number of anilines is 1. The van der Waals surface area contributed by atoms with E-state index in [9.17, 15) is 18.0 Å². The fraction of sp³-hybridized carbons (Fsp3) is 0.250. The van der Waals surface area contributed by atoms with Crippen LogP contribution < -0.4 is 10.1 Å². The molecule has 1 heterocycles. The molecule has 2 rings (SSSR count). The molecule has 0 aliphatic rings. The van der Waals surface area contributed by atoms with Crippen LogP contribution in [-0.4, -0.2) is 32.8 Å². The zero-order valence-corrected chi connectivity index (χ0v) is 12.1. The predicted molar refractivity (Wildman–Crippen MR) is 73.5 cm³/mol. The summed E-state index contributed by atoms with van der Waals surface area (Å²) in [4.78, 5) is 11.8. The number of halogens is 3. The molecular weight excluding hydrogens is 321 g/mol. The molecule has 0 spiro atoms. The van der Waals surface area contributed by atoms with E-state index < -0.39 is 12.1 Å². The lowest BCUT2D eigenvalue weighted by atomic mass is 10.3. The van der Waals surface area contributed by atoms with Crippen LogP contribution in [0, 0.1) is 0 Å². The van der Waals surface area contributed by atoms with Gasteiger partial charge in [0.25, 0.3) is 0 Å². The maximum absolute atomic E-state index is 12.1. The Morgan fingerprint density at radius 1 is 1.45 bits per heavy atom. The van der Waals surface area contributed by atoms with Crippen molar-refractivity contribution in [1.82, 2.24) is 14.8 Å². The highest BCUT2D eigenvalue weighted by atomic mass is 32.2. The van der Waals surface area contributed by atoms with Gasteiger partial charge in [0.1, 0.15) is 12.1 Å². The van der Waals surface area contributed by atoms with Crippen molar-refractivity contribution in [2.75, 3.05) is 11.1 Å². The normalized spacial score (nSPS) is 11.3. The highest BCUT2D eigenvalue weighted by Crippen LogP contribution is 2.25. The summed E-state index contributed by atoms with van der Waals surface area (Å²) in [5.41, 5.74) is 0.213. The number of benzene rings is 1. The van der Waals surface area contributed by atoms with Gasteiger partial charge < -0.3 is 14.6 Å². The largest absolute Gasteiger partial charge is 0.573 e. The average molecular weight is 332 g/mol. The standard InChI is InChI=1S/C12H11F3N4O2S/c1-19-7-16-18-11(19)22-6-10(20)17-8-3-2-4-9(5-8)21-12(13,14)15/h2-5,7H,6H2,1H3,(H,17,20). The molecule has 0 fully saturated rings. The monoisotopic (exact) mass is 332 g/mol. The lowest BCUT2D eigenvalue weighted by Gasteiger charge is -2.10. The maximum Gasteiger partial charge on any atom is 0.573 e. The number of hydrogen-bond acceptors (Lipinski definition) is 5. The topological polar surface area (TPSA) is 69.0 Å². The summed E-state index contributed by atoms with van der Waals surface area (Å²) < 4.78 is 41.8. The number of carbonyl (C=O) groups is 1. The first-order valence-electron chi connectivity index (χ1n) is 5.96. The Bertz CT molecular complexity index is 660. The Balaban J connectivity index is 1.91. The van der Waals surface area contributed by atoms with Crippen molar-refractivity contribution in [2.45, 2.75) is 11.5 Å². The second kappa shape index (κ2) is 6.69. The van der Waals surface area contributed by atoms with Gasteiger partial charge in [-0.05, 0) is 12.1 Å². The molecular formula is C12H11F3N4O2S. The van der Waals surface area contributed by atoms with E-state index in [1.165, 1.54) is 18.5 Å². The summed E-state index contributed by atoms with van der Waals surface area (Å²) in [6.07, 6.45) is -3.28. The van der Waals surface area contributed by atoms with Gasteiger partial charge in [0.05, 0.1) is 5.75 Å². The third-order valence-electron chi connectivity index (χ3n) is 2.35. The first kappa shape index (κ1) is 16.1. The Kier molecular flexibility index (Phi) is 4.91. The van der Waals surface area contributed by atoms with E-state index in [-0.39, 0.29) is 17.3 Å². The highest BCUT2D eigenvalue weighted by molar-refractivity contribution is 7.99. The minimum Gasteiger partial charge on any atom is -0.406 e. The molecule has 0 radical (unpaired) electrons. The molecule has 0 atom stereocenters. The van der Waals surface area contributed by atoms with Gasteiger partial charge in [0.15, 0.2) is 5.16 Å². The third-order valence-corrected chi connectivity index (χ3v) is 3.39. The molecule has 0 unspecified atom stereocenters. The summed E-state index contributed by atoms with van der Waals surface area (Å²) in [7, 11) is 1.73. The number of aromatic nitrogens is 3. The van der Waals surface area contributed by atoms with Crippen LogP contribution >= 0.6 is 11.8 Å². The quantitative estimate of drug-likeness (QED) is 0.852. The molecule has 2 aromatic rings. The fourth-order valence-electron chi connectivity index (χ4n) is 1.50. The fourth-order valence-corrected chi connectivity index (χ4v) is 2.19. The van der Waals surface area contributed by atoms with Crippen molar-refractivity contribution in [3.8, 4) is 5.75 Å². The van der Waals surface area contributed by atoms with Crippen LogP contribution in [0.5, 0.6) is 5.75 Å². The SMILES string of the molecule is Cn1cnnc1SCC(=O)Nc1cccc(OC(F)(F)F)c1. The van der Waals surface area contributed by atoms with E-state index in [1.807, 2.05) is 0 Å². The van der Waals surface area contributed by atoms with E-state index >= 15 is 0 Å². The summed E-state index contributed by atoms with van der Waals surface area (Å²) in [6, 6.07) is 5.07. The molecule has 0 saturated heterocycles. The number of ether oxygens (including phenoxy) is 1. The number of hydrogen-bond donors (Lipinski definition) is 1. The Hall–Kier alpha value is -2.23. The number of rotatable bonds is 5. The average Bonchev–Trinajstić information content (AvgIpc) is 2.80. The zero-order chi connectivity index (χ0) is 16.2. The Morgan fingerprint density at radius 3 is 2.86 bits per heavy atom. The number of carbonyl (C=O) groups excluding carboxylic acids is 1. The molecule has 10 heteroatoms. The number of amides is 1. The second-order valence-corrected chi connectivity index (χ2v) is 5.08. The predicted octanol–water partition coefficient (Wildman–Crippen LogP) is 2.44. The van der Waals surface area contributed by atoms with Gasteiger partial charge in [-0.1, -0.05) is 17.8 Å². The summed E-state index contributed by atoms with van der Waals surface area (Å²) >= 11 is 1.16. The number of thioether (sulfide) groups is 1. The minimum atomic E-state index is -4.77. The van der Waals surface area contributed by atoms with Gasteiger partial charge in [-0.3, -0.25) is 4.79 Å². The lowest BCUT2D eigenvalue weighted by molar-refractivity contribution is -0.274. The first-order valence-corrected chi connectivity index (χ1v) is 6.94. The van der Waals surface area contributed by atoms with E-state index in [2.05, 4.69) is 20.3 Å². The number of nitrogens with one attached hydrogen (secondary N) is 1. The minimum absolute atomic E-state index is 0.0525. The van der Waals surface area contributed by atoms with Gasteiger partial charge in [-0.15, -0.1) is 23.4 Å². The number of aryl methyl sites for hydroxylation is 1. The van der Waals surface area contributed by atoms with E-state index in [4.69, 9.17) is 0 Å². The van der Waals surface area contributed by atoms with Crippen LogP contribution in [0.2, 0.25) is 0 Å². The number of nitrogens with zero attached hydrogens (tertiary/aromatic N) is 3. The van der Waals surface area contributed by atoms with Crippen molar-refractivity contribution in [3.05, 3.63) is 30.6 Å². The zero-order valence-electron chi connectivity index (χ0n) is 11.3. The maximum atomic E-state index is 12.1. The lowest BCUT2D eigenvalue weighted by Crippen LogP contribution is -2.18. The van der Waals surface area contributed by atoms with Gasteiger partial charge in [0.2, 0.25) is 5.91 Å². The molecule has 0 aliphatic heterocycles. The molecule has 0 saturated carbocycles. The van der Waals surface area contributed by atoms with Crippen LogP contribution in [-0.2, 0) is 11.8 Å². The molecule has 0 bridgehead atoms. The van der Waals surface area contributed by atoms with Gasteiger partial charge >= 0.3 is 6.36 Å². The van der Waals surface area contributed by atoms with Crippen molar-refractivity contribution < 1.29 is 22.7 Å². The number of alkyl halides is 3. The molecule has 1 aromatic carbocycles. The highest BCUT2D eigenvalue weighted by Gasteiger charge is 2.31. The molecule has 22 heavy (non-hydrogen) atoms. The van der Waals surface area contributed by atoms with Gasteiger partial charge in [-0.25, -0.2) is 0 Å². The van der Waals surface area contributed by atoms with Crippen LogP contribution in [0.15, 0.2) is 35.7 Å². The first-order chi connectivity index (χ1) is 10.3. The van der Waals surface area contributed by atoms with Gasteiger partial charge in [-0.2, -0.15) is 0 Å². The molecule has 6 nitrogen and oxygen atoms in total. The van der Waals surface area contributed by atoms with Crippen LogP contribution in [0.4, 0.5) is 18.9 Å². The van der Waals surface area contributed by atoms with Crippen LogP contribution in [0.3, 0.4) is 0 Å². The Labute approximate surface area is 127 Å². The van der Waals surface area contributed by atoms with E-state index in [0.717, 1.165) is 23.9 Å². The summed E-state index contributed by atoms with van der Waals surface area (Å²) in [5.74, 6) is -0.722. The molecule has 1 aromatic heterocycles. The summed E-state index contributed by atoms with van der Waals surface area (Å²) in [6.45, 7) is 0. The molecule has 1 amide bonds. The third kappa shape index (κ3) is 4.95. The smallest absolute Gasteiger partial charge is 0.406 e. The van der Waals surface area contributed by atoms with E-state index in [1.54, 1.807) is 11.6 Å². The molecule has 118 valence electrons. The van der Waals surface area contributed by atoms with Crippen molar-refractivity contribution >= 4 is 23.4 Å². The van der Waals surface area contributed by atoms with Crippen LogP contribution in [0.1, 0.15) is 0 Å². The molecule has 0 aliphatic carbocycles. The van der Waals surface area contributed by atoms with E-state index in [0.29, 0.717) is 5.16 Å². The van der Waals surface area contributed by atoms with Gasteiger partial charge in [0, 0.05) is 18.8 Å². The van der Waals surface area contributed by atoms with Crippen molar-refractivity contribution in [3.63, 3.8) is 0 Å².